The van der Waals surface area contributed by atoms with Gasteiger partial charge in [-0.2, -0.15) is 11.3 Å². The summed E-state index contributed by atoms with van der Waals surface area (Å²) in [5.41, 5.74) is 1.14. The topological polar surface area (TPSA) is 86.7 Å². The van der Waals surface area contributed by atoms with Gasteiger partial charge in [-0.3, -0.25) is 4.79 Å². The van der Waals surface area contributed by atoms with Crippen molar-refractivity contribution in [2.75, 3.05) is 25.9 Å². The lowest BCUT2D eigenvalue weighted by Gasteiger charge is -2.29. The number of sulfonamides is 1. The predicted octanol–water partition coefficient (Wildman–Crippen LogP) is 2.30. The Morgan fingerprint density at radius 2 is 2.08 bits per heavy atom. The zero-order valence-electron chi connectivity index (χ0n) is 14.4. The van der Waals surface area contributed by atoms with Crippen molar-refractivity contribution >= 4 is 38.6 Å². The maximum absolute atomic E-state index is 12.3. The van der Waals surface area contributed by atoms with Crippen LogP contribution in [-0.2, 0) is 14.8 Å². The molecule has 0 aromatic carbocycles. The summed E-state index contributed by atoms with van der Waals surface area (Å²) >= 11 is 3.15. The summed E-state index contributed by atoms with van der Waals surface area (Å²) < 4.78 is 24.4. The molecule has 26 heavy (non-hydrogen) atoms. The minimum absolute atomic E-state index is 0.119. The number of hydrogen-bond donors (Lipinski definition) is 2. The summed E-state index contributed by atoms with van der Waals surface area (Å²) in [6, 6.07) is 5.91. The van der Waals surface area contributed by atoms with Gasteiger partial charge in [-0.1, -0.05) is 0 Å². The highest BCUT2D eigenvalue weighted by molar-refractivity contribution is 7.88. The van der Waals surface area contributed by atoms with E-state index in [-0.39, 0.29) is 18.4 Å². The quantitative estimate of drug-likeness (QED) is 0.759. The lowest BCUT2D eigenvalue weighted by atomic mass is 9.97. The first kappa shape index (κ1) is 19.5. The van der Waals surface area contributed by atoms with Gasteiger partial charge in [0.15, 0.2) is 0 Å². The van der Waals surface area contributed by atoms with E-state index in [0.717, 1.165) is 15.3 Å². The zero-order chi connectivity index (χ0) is 18.7. The molecule has 2 N–H and O–H groups in total. The number of carbonyl (C=O) groups excluding carboxylic acids is 1. The molecule has 1 fully saturated rings. The standard InChI is InChI=1S/C17H22N2O4S3/c1-26(22,23)19-7-4-12(5-8-19)17(21)18-10-14(20)16-3-2-15(25-16)13-6-9-24-11-13/h2-3,6,9,11-12,14,20H,4-5,7-8,10H2,1H3,(H,18,21). The number of carbonyl (C=O) groups is 1. The average Bonchev–Trinajstić information content (AvgIpc) is 3.29. The zero-order valence-corrected chi connectivity index (χ0v) is 16.9. The van der Waals surface area contributed by atoms with Gasteiger partial charge >= 0.3 is 0 Å². The fourth-order valence-electron chi connectivity index (χ4n) is 2.98. The third-order valence-electron chi connectivity index (χ3n) is 4.52. The lowest BCUT2D eigenvalue weighted by molar-refractivity contribution is -0.126. The number of nitrogens with one attached hydrogen (secondary N) is 1. The van der Waals surface area contributed by atoms with Crippen molar-refractivity contribution in [3.63, 3.8) is 0 Å². The molecule has 0 aliphatic carbocycles. The number of amides is 1. The van der Waals surface area contributed by atoms with E-state index in [1.807, 2.05) is 23.6 Å². The van der Waals surface area contributed by atoms with Crippen LogP contribution >= 0.6 is 22.7 Å². The normalized spacial score (nSPS) is 17.9. The number of thiophene rings is 2. The van der Waals surface area contributed by atoms with Crippen molar-refractivity contribution in [2.24, 2.45) is 5.92 Å². The fourth-order valence-corrected chi connectivity index (χ4v) is 5.58. The molecule has 0 bridgehead atoms. The largest absolute Gasteiger partial charge is 0.386 e. The van der Waals surface area contributed by atoms with Gasteiger partial charge < -0.3 is 10.4 Å². The first-order valence-electron chi connectivity index (χ1n) is 8.38. The molecule has 1 saturated heterocycles. The van der Waals surface area contributed by atoms with Crippen LogP contribution in [0.4, 0.5) is 0 Å². The number of aliphatic hydroxyl groups is 1. The summed E-state index contributed by atoms with van der Waals surface area (Å²) in [6.45, 7) is 0.900. The van der Waals surface area contributed by atoms with E-state index in [2.05, 4.69) is 10.7 Å². The Kier molecular flexibility index (Phi) is 6.13. The number of hydrogen-bond acceptors (Lipinski definition) is 6. The van der Waals surface area contributed by atoms with E-state index < -0.39 is 16.1 Å². The Morgan fingerprint density at radius 3 is 2.69 bits per heavy atom. The highest BCUT2D eigenvalue weighted by Crippen LogP contribution is 2.32. The van der Waals surface area contributed by atoms with Crippen LogP contribution in [0.3, 0.4) is 0 Å². The molecule has 0 spiro atoms. The molecule has 3 heterocycles. The highest BCUT2D eigenvalue weighted by Gasteiger charge is 2.29. The van der Waals surface area contributed by atoms with Crippen molar-refractivity contribution in [3.8, 4) is 10.4 Å². The molecule has 0 radical (unpaired) electrons. The molecule has 142 valence electrons. The molecule has 6 nitrogen and oxygen atoms in total. The Morgan fingerprint density at radius 1 is 1.35 bits per heavy atom. The summed E-state index contributed by atoms with van der Waals surface area (Å²) in [5.74, 6) is -0.322. The van der Waals surface area contributed by atoms with Crippen LogP contribution in [0.5, 0.6) is 0 Å². The van der Waals surface area contributed by atoms with Gasteiger partial charge in [0, 0.05) is 40.9 Å². The van der Waals surface area contributed by atoms with Gasteiger partial charge in [0.2, 0.25) is 15.9 Å². The van der Waals surface area contributed by atoms with Gasteiger partial charge in [-0.15, -0.1) is 11.3 Å². The minimum Gasteiger partial charge on any atom is -0.386 e. The van der Waals surface area contributed by atoms with Crippen molar-refractivity contribution in [2.45, 2.75) is 18.9 Å². The summed E-state index contributed by atoms with van der Waals surface area (Å²) in [4.78, 5) is 14.2. The van der Waals surface area contributed by atoms with Crippen molar-refractivity contribution in [1.29, 1.82) is 0 Å². The van der Waals surface area contributed by atoms with Crippen molar-refractivity contribution in [3.05, 3.63) is 33.8 Å². The van der Waals surface area contributed by atoms with Gasteiger partial charge in [-0.05, 0) is 41.8 Å². The van der Waals surface area contributed by atoms with Crippen LogP contribution in [0.15, 0.2) is 29.0 Å². The molecule has 1 unspecified atom stereocenters. The second kappa shape index (κ2) is 8.18. The second-order valence-corrected chi connectivity index (χ2v) is 10.3. The Hall–Kier alpha value is -1.26. The van der Waals surface area contributed by atoms with Gasteiger partial charge in [0.25, 0.3) is 0 Å². The number of rotatable bonds is 6. The SMILES string of the molecule is CS(=O)(=O)N1CCC(C(=O)NCC(O)c2ccc(-c3ccsc3)s2)CC1. The van der Waals surface area contributed by atoms with E-state index in [1.54, 1.807) is 11.3 Å². The van der Waals surface area contributed by atoms with Crippen molar-refractivity contribution < 1.29 is 18.3 Å². The molecule has 3 rings (SSSR count). The summed E-state index contributed by atoms with van der Waals surface area (Å²) in [6.07, 6.45) is 1.47. The van der Waals surface area contributed by atoms with Gasteiger partial charge in [-0.25, -0.2) is 12.7 Å². The van der Waals surface area contributed by atoms with E-state index in [0.29, 0.717) is 25.9 Å². The first-order chi connectivity index (χ1) is 12.3. The molecular formula is C17H22N2O4S3. The third kappa shape index (κ3) is 4.72. The molecule has 1 aliphatic heterocycles. The van der Waals surface area contributed by atoms with E-state index in [4.69, 9.17) is 0 Å². The number of aliphatic hydroxyl groups excluding tert-OH is 1. The van der Waals surface area contributed by atoms with Gasteiger partial charge in [0.05, 0.1) is 6.26 Å². The average molecular weight is 415 g/mol. The van der Waals surface area contributed by atoms with E-state index in [9.17, 15) is 18.3 Å². The van der Waals surface area contributed by atoms with Crippen LogP contribution in [0, 0.1) is 5.92 Å². The predicted molar refractivity (Wildman–Crippen MR) is 105 cm³/mol. The maximum atomic E-state index is 12.3. The maximum Gasteiger partial charge on any atom is 0.223 e. The first-order valence-corrected chi connectivity index (χ1v) is 12.0. The molecular weight excluding hydrogens is 392 g/mol. The monoisotopic (exact) mass is 414 g/mol. The smallest absolute Gasteiger partial charge is 0.223 e. The Balaban J connectivity index is 1.49. The molecule has 1 atom stereocenters. The molecule has 2 aromatic rings. The van der Waals surface area contributed by atoms with Crippen molar-refractivity contribution in [1.82, 2.24) is 9.62 Å². The number of nitrogens with zero attached hydrogens (tertiary/aromatic N) is 1. The van der Waals surface area contributed by atoms with Crippen LogP contribution in [-0.4, -0.2) is 49.6 Å². The van der Waals surface area contributed by atoms with Crippen LogP contribution in [0.25, 0.3) is 10.4 Å². The van der Waals surface area contributed by atoms with E-state index in [1.165, 1.54) is 21.9 Å². The lowest BCUT2D eigenvalue weighted by Crippen LogP contribution is -2.43. The van der Waals surface area contributed by atoms with Gasteiger partial charge in [0.1, 0.15) is 6.10 Å². The molecule has 1 amide bonds. The Labute approximate surface area is 161 Å². The Bertz CT molecular complexity index is 837. The molecule has 2 aromatic heterocycles. The summed E-state index contributed by atoms with van der Waals surface area (Å²) in [7, 11) is -3.19. The molecule has 9 heteroatoms. The fraction of sp³-hybridized carbons (Fsp3) is 0.471. The van der Waals surface area contributed by atoms with Crippen LogP contribution in [0.2, 0.25) is 0 Å². The third-order valence-corrected chi connectivity index (χ3v) is 7.75. The molecule has 0 saturated carbocycles. The van der Waals surface area contributed by atoms with E-state index >= 15 is 0 Å². The highest BCUT2D eigenvalue weighted by atomic mass is 32.2. The molecule has 1 aliphatic rings. The summed E-state index contributed by atoms with van der Waals surface area (Å²) in [5, 5.41) is 17.2. The van der Waals surface area contributed by atoms with Crippen LogP contribution < -0.4 is 5.32 Å². The second-order valence-electron chi connectivity index (χ2n) is 6.41. The van der Waals surface area contributed by atoms with Crippen LogP contribution in [0.1, 0.15) is 23.8 Å². The number of piperidine rings is 1. The minimum atomic E-state index is -3.19.